The average Bonchev–Trinajstić information content (AvgIpc) is 2.95. The van der Waals surface area contributed by atoms with Gasteiger partial charge < -0.3 is 14.2 Å². The predicted octanol–water partition coefficient (Wildman–Crippen LogP) is 4.94. The topological polar surface area (TPSA) is 61.8 Å². The Kier molecular flexibility index (Phi) is 5.53. The van der Waals surface area contributed by atoms with Gasteiger partial charge in [0, 0.05) is 13.0 Å². The van der Waals surface area contributed by atoms with Crippen LogP contribution in [-0.4, -0.2) is 35.3 Å². The maximum absolute atomic E-state index is 12.8. The molecule has 1 aromatic rings. The van der Waals surface area contributed by atoms with Crippen molar-refractivity contribution in [1.82, 2.24) is 0 Å². The standard InChI is InChI=1S/C26H34O5/c1-17-11-13-21(29-18(2)27)25(5)22(15-20-16-26(17,25)31-24(20,3)4)30-23(28)14-12-19-9-7-6-8-10-19/h6-10,12,14,17,20-22H,11,13,15-16H2,1-5H3/b14-12+/t17-,20-,21+,22+,25+,26+/m1/s1. The summed E-state index contributed by atoms with van der Waals surface area (Å²) in [6.07, 6.45) is 5.82. The number of hydrogen-bond acceptors (Lipinski definition) is 5. The molecule has 3 aliphatic rings. The zero-order valence-corrected chi connectivity index (χ0v) is 19.2. The molecule has 1 heterocycles. The predicted molar refractivity (Wildman–Crippen MR) is 118 cm³/mol. The summed E-state index contributed by atoms with van der Waals surface area (Å²) in [6, 6.07) is 9.69. The molecule has 1 aliphatic heterocycles. The van der Waals surface area contributed by atoms with Crippen LogP contribution < -0.4 is 0 Å². The summed E-state index contributed by atoms with van der Waals surface area (Å²) in [4.78, 5) is 24.8. The van der Waals surface area contributed by atoms with E-state index in [0.717, 1.165) is 24.8 Å². The summed E-state index contributed by atoms with van der Waals surface area (Å²) >= 11 is 0. The Morgan fingerprint density at radius 2 is 1.77 bits per heavy atom. The average molecular weight is 427 g/mol. The second kappa shape index (κ2) is 7.77. The van der Waals surface area contributed by atoms with E-state index in [0.29, 0.717) is 6.42 Å². The molecule has 1 aromatic carbocycles. The van der Waals surface area contributed by atoms with E-state index in [9.17, 15) is 9.59 Å². The summed E-state index contributed by atoms with van der Waals surface area (Å²) in [5, 5.41) is 0. The van der Waals surface area contributed by atoms with E-state index in [2.05, 4.69) is 27.7 Å². The second-order valence-electron chi connectivity index (χ2n) is 10.3. The minimum absolute atomic E-state index is 0.287. The Morgan fingerprint density at radius 1 is 1.06 bits per heavy atom. The Labute approximate surface area is 185 Å². The van der Waals surface area contributed by atoms with Crippen molar-refractivity contribution in [2.45, 2.75) is 83.7 Å². The van der Waals surface area contributed by atoms with Crippen molar-refractivity contribution in [3.63, 3.8) is 0 Å². The molecule has 0 amide bonds. The number of ether oxygens (including phenoxy) is 3. The molecule has 0 radical (unpaired) electrons. The largest absolute Gasteiger partial charge is 0.462 e. The molecule has 0 aromatic heterocycles. The highest BCUT2D eigenvalue weighted by atomic mass is 16.6. The van der Waals surface area contributed by atoms with Gasteiger partial charge >= 0.3 is 11.9 Å². The number of rotatable bonds is 4. The number of benzene rings is 1. The molecule has 2 aliphatic carbocycles. The van der Waals surface area contributed by atoms with Gasteiger partial charge in [-0.05, 0) is 69.9 Å². The second-order valence-corrected chi connectivity index (χ2v) is 10.3. The van der Waals surface area contributed by atoms with Crippen LogP contribution in [0.15, 0.2) is 36.4 Å². The van der Waals surface area contributed by atoms with Crippen LogP contribution in [0.3, 0.4) is 0 Å². The van der Waals surface area contributed by atoms with Crippen LogP contribution in [-0.2, 0) is 23.8 Å². The molecule has 168 valence electrons. The van der Waals surface area contributed by atoms with Crippen LogP contribution in [0.5, 0.6) is 0 Å². The van der Waals surface area contributed by atoms with Crippen molar-refractivity contribution in [3.05, 3.63) is 42.0 Å². The van der Waals surface area contributed by atoms with E-state index in [1.165, 1.54) is 13.0 Å². The summed E-state index contributed by atoms with van der Waals surface area (Å²) in [5.74, 6) is -0.0987. The Hall–Kier alpha value is -2.14. The van der Waals surface area contributed by atoms with Gasteiger partial charge in [-0.25, -0.2) is 4.79 Å². The molecule has 5 nitrogen and oxygen atoms in total. The van der Waals surface area contributed by atoms with Gasteiger partial charge in [-0.3, -0.25) is 4.79 Å². The van der Waals surface area contributed by atoms with Gasteiger partial charge in [0.15, 0.2) is 0 Å². The monoisotopic (exact) mass is 426 g/mol. The zero-order chi connectivity index (χ0) is 22.4. The van der Waals surface area contributed by atoms with Crippen molar-refractivity contribution in [1.29, 1.82) is 0 Å². The molecule has 0 N–H and O–H groups in total. The first kappa shape index (κ1) is 22.1. The fraction of sp³-hybridized carbons (Fsp3) is 0.615. The molecule has 31 heavy (non-hydrogen) atoms. The van der Waals surface area contributed by atoms with Crippen molar-refractivity contribution < 1.29 is 23.8 Å². The molecule has 3 fully saturated rings. The zero-order valence-electron chi connectivity index (χ0n) is 19.2. The van der Waals surface area contributed by atoms with Crippen LogP contribution >= 0.6 is 0 Å². The van der Waals surface area contributed by atoms with E-state index >= 15 is 0 Å². The molecule has 1 saturated heterocycles. The smallest absolute Gasteiger partial charge is 0.331 e. The van der Waals surface area contributed by atoms with E-state index in [1.807, 2.05) is 30.3 Å². The Balaban J connectivity index is 1.66. The lowest BCUT2D eigenvalue weighted by molar-refractivity contribution is -0.261. The molecular weight excluding hydrogens is 392 g/mol. The number of fused-ring (bicyclic) bond motifs is 1. The fourth-order valence-electron chi connectivity index (χ4n) is 6.39. The first-order chi connectivity index (χ1) is 14.6. The van der Waals surface area contributed by atoms with Crippen LogP contribution in [0.4, 0.5) is 0 Å². The summed E-state index contributed by atoms with van der Waals surface area (Å²) < 4.78 is 18.8. The maximum Gasteiger partial charge on any atom is 0.331 e. The fourth-order valence-corrected chi connectivity index (χ4v) is 6.39. The molecule has 6 atom stereocenters. The third-order valence-corrected chi connectivity index (χ3v) is 8.16. The minimum Gasteiger partial charge on any atom is -0.462 e. The van der Waals surface area contributed by atoms with E-state index in [-0.39, 0.29) is 41.6 Å². The van der Waals surface area contributed by atoms with Crippen LogP contribution in [0.25, 0.3) is 6.08 Å². The third-order valence-electron chi connectivity index (χ3n) is 8.16. The minimum atomic E-state index is -0.600. The number of carbonyl (C=O) groups excluding carboxylic acids is 2. The maximum atomic E-state index is 12.8. The Bertz CT molecular complexity index is 875. The SMILES string of the molecule is CC(=O)O[C@H]1CC[C@@H](C)[C@@]23C[C@@H](C[C@H](OC(=O)/C=C/c4ccccc4)[C@]12C)C(C)(C)O3. The highest BCUT2D eigenvalue weighted by Crippen LogP contribution is 2.66. The van der Waals surface area contributed by atoms with Crippen LogP contribution in [0, 0.1) is 17.3 Å². The van der Waals surface area contributed by atoms with Gasteiger partial charge in [-0.1, -0.05) is 37.3 Å². The first-order valence-corrected chi connectivity index (χ1v) is 11.4. The van der Waals surface area contributed by atoms with E-state index in [4.69, 9.17) is 14.2 Å². The van der Waals surface area contributed by atoms with Crippen LogP contribution in [0.2, 0.25) is 0 Å². The molecule has 4 rings (SSSR count). The lowest BCUT2D eigenvalue weighted by atomic mass is 9.50. The van der Waals surface area contributed by atoms with Gasteiger partial charge in [0.1, 0.15) is 12.2 Å². The first-order valence-electron chi connectivity index (χ1n) is 11.4. The highest BCUT2D eigenvalue weighted by Gasteiger charge is 2.73. The van der Waals surface area contributed by atoms with Gasteiger partial charge in [0.2, 0.25) is 0 Å². The number of esters is 2. The molecule has 1 spiro atoms. The molecule has 0 unspecified atom stereocenters. The summed E-state index contributed by atoms with van der Waals surface area (Å²) in [7, 11) is 0. The Morgan fingerprint density at radius 3 is 2.45 bits per heavy atom. The van der Waals surface area contributed by atoms with Crippen molar-refractivity contribution in [3.8, 4) is 0 Å². The van der Waals surface area contributed by atoms with Crippen LogP contribution in [0.1, 0.15) is 65.9 Å². The van der Waals surface area contributed by atoms with Gasteiger partial charge in [0.05, 0.1) is 16.6 Å². The lowest BCUT2D eigenvalue weighted by Gasteiger charge is -2.60. The van der Waals surface area contributed by atoms with E-state index in [1.54, 1.807) is 6.08 Å². The number of carbonyl (C=O) groups is 2. The molecular formula is C26H34O5. The highest BCUT2D eigenvalue weighted by molar-refractivity contribution is 5.87. The normalized spacial score (nSPS) is 38.5. The van der Waals surface area contributed by atoms with Crippen molar-refractivity contribution >= 4 is 18.0 Å². The molecule has 2 bridgehead atoms. The van der Waals surface area contributed by atoms with Crippen molar-refractivity contribution in [2.75, 3.05) is 0 Å². The summed E-state index contributed by atoms with van der Waals surface area (Å²) in [5.41, 5.74) is -0.448. The summed E-state index contributed by atoms with van der Waals surface area (Å²) in [6.45, 7) is 10.0. The quantitative estimate of drug-likeness (QED) is 0.504. The molecule has 2 saturated carbocycles. The molecule has 5 heteroatoms. The van der Waals surface area contributed by atoms with E-state index < -0.39 is 11.0 Å². The van der Waals surface area contributed by atoms with Gasteiger partial charge in [-0.2, -0.15) is 0 Å². The van der Waals surface area contributed by atoms with Gasteiger partial charge in [0.25, 0.3) is 0 Å². The van der Waals surface area contributed by atoms with Gasteiger partial charge in [-0.15, -0.1) is 0 Å². The lowest BCUT2D eigenvalue weighted by Crippen LogP contribution is -2.67. The number of hydrogen-bond donors (Lipinski definition) is 0. The van der Waals surface area contributed by atoms with Crippen molar-refractivity contribution in [2.24, 2.45) is 17.3 Å². The third kappa shape index (κ3) is 3.61.